The van der Waals surface area contributed by atoms with Gasteiger partial charge >= 0.3 is 0 Å². The van der Waals surface area contributed by atoms with E-state index in [0.717, 1.165) is 22.3 Å². The van der Waals surface area contributed by atoms with E-state index in [1.807, 2.05) is 31.2 Å². The summed E-state index contributed by atoms with van der Waals surface area (Å²) in [6.07, 6.45) is 1.78. The number of aromatic amines is 1. The van der Waals surface area contributed by atoms with Crippen LogP contribution in [0.5, 0.6) is 0 Å². The van der Waals surface area contributed by atoms with Gasteiger partial charge in [-0.2, -0.15) is 5.10 Å². The second-order valence-corrected chi connectivity index (χ2v) is 4.32. The minimum absolute atomic E-state index is 0.403. The summed E-state index contributed by atoms with van der Waals surface area (Å²) < 4.78 is 0. The van der Waals surface area contributed by atoms with E-state index < -0.39 is 0 Å². The molecule has 3 aromatic rings. The van der Waals surface area contributed by atoms with Gasteiger partial charge in [0.15, 0.2) is 11.6 Å². The smallest absolute Gasteiger partial charge is 0.169 e. The number of benzene rings is 1. The summed E-state index contributed by atoms with van der Waals surface area (Å²) in [5, 5.41) is 10.1. The molecule has 0 unspecified atom stereocenters. The minimum Gasteiger partial charge on any atom is -0.381 e. The van der Waals surface area contributed by atoms with E-state index in [1.54, 1.807) is 6.20 Å². The quantitative estimate of drug-likeness (QED) is 0.663. The molecule has 19 heavy (non-hydrogen) atoms. The first-order chi connectivity index (χ1) is 9.24. The number of nitrogens with one attached hydrogen (secondary N) is 2. The van der Waals surface area contributed by atoms with Crippen LogP contribution in [0.4, 0.5) is 11.6 Å². The lowest BCUT2D eigenvalue weighted by Gasteiger charge is -2.08. The second kappa shape index (κ2) is 4.56. The molecule has 0 atom stereocenters. The molecular formula is C13H14N6. The standard InChI is InChI=1S/C13H14N6/c1-8-9(7-16-19-8)6-15-13-12(14)17-10-4-2-3-5-11(10)18-13/h2-5,7H,6H2,1H3,(H2,14,17)(H,15,18)(H,16,19). The lowest BCUT2D eigenvalue weighted by atomic mass is 10.2. The van der Waals surface area contributed by atoms with Crippen molar-refractivity contribution in [2.75, 3.05) is 11.1 Å². The Morgan fingerprint density at radius 3 is 2.63 bits per heavy atom. The van der Waals surface area contributed by atoms with Crippen LogP contribution in [0, 0.1) is 6.92 Å². The first-order valence-electron chi connectivity index (χ1n) is 5.99. The van der Waals surface area contributed by atoms with Gasteiger partial charge in [-0.1, -0.05) is 12.1 Å². The molecule has 0 saturated heterocycles. The first kappa shape index (κ1) is 11.5. The Labute approximate surface area is 110 Å². The number of anilines is 2. The molecule has 0 spiro atoms. The molecule has 0 bridgehead atoms. The van der Waals surface area contributed by atoms with Crippen molar-refractivity contribution in [3.05, 3.63) is 41.7 Å². The monoisotopic (exact) mass is 254 g/mol. The minimum atomic E-state index is 0.403. The molecule has 0 aliphatic heterocycles. The van der Waals surface area contributed by atoms with Gasteiger partial charge in [-0.25, -0.2) is 9.97 Å². The van der Waals surface area contributed by atoms with E-state index in [1.165, 1.54) is 0 Å². The molecule has 0 aliphatic carbocycles. The van der Waals surface area contributed by atoms with Crippen molar-refractivity contribution in [2.45, 2.75) is 13.5 Å². The van der Waals surface area contributed by atoms with Crippen molar-refractivity contribution < 1.29 is 0 Å². The number of nitrogens with two attached hydrogens (primary N) is 1. The summed E-state index contributed by atoms with van der Waals surface area (Å²) in [5.74, 6) is 0.999. The third-order valence-corrected chi connectivity index (χ3v) is 2.98. The molecule has 6 heteroatoms. The third kappa shape index (κ3) is 2.20. The number of nitrogens with zero attached hydrogens (tertiary/aromatic N) is 3. The summed E-state index contributed by atoms with van der Waals surface area (Å²) in [5.41, 5.74) is 9.63. The summed E-state index contributed by atoms with van der Waals surface area (Å²) in [6, 6.07) is 7.65. The van der Waals surface area contributed by atoms with Crippen LogP contribution in [0.2, 0.25) is 0 Å². The Hall–Kier alpha value is -2.63. The van der Waals surface area contributed by atoms with E-state index in [9.17, 15) is 0 Å². The van der Waals surface area contributed by atoms with E-state index >= 15 is 0 Å². The molecule has 0 aliphatic rings. The van der Waals surface area contributed by atoms with Gasteiger partial charge in [0.2, 0.25) is 0 Å². The molecule has 4 N–H and O–H groups in total. The van der Waals surface area contributed by atoms with Gasteiger partial charge in [0.25, 0.3) is 0 Å². The summed E-state index contributed by atoms with van der Waals surface area (Å²) in [7, 11) is 0. The normalized spacial score (nSPS) is 10.8. The van der Waals surface area contributed by atoms with Gasteiger partial charge in [-0.05, 0) is 19.1 Å². The number of hydrogen-bond acceptors (Lipinski definition) is 5. The van der Waals surface area contributed by atoms with Crippen LogP contribution in [0.25, 0.3) is 11.0 Å². The van der Waals surface area contributed by atoms with E-state index in [2.05, 4.69) is 25.5 Å². The largest absolute Gasteiger partial charge is 0.381 e. The number of fused-ring (bicyclic) bond motifs is 1. The number of hydrogen-bond donors (Lipinski definition) is 3. The fraction of sp³-hybridized carbons (Fsp3) is 0.154. The SMILES string of the molecule is Cc1[nH]ncc1CNc1nc2ccccc2nc1N. The number of aryl methyl sites for hydroxylation is 1. The molecule has 0 amide bonds. The predicted molar refractivity (Wildman–Crippen MR) is 74.6 cm³/mol. The van der Waals surface area contributed by atoms with Crippen LogP contribution in [-0.2, 0) is 6.54 Å². The van der Waals surface area contributed by atoms with Crippen molar-refractivity contribution >= 4 is 22.7 Å². The van der Waals surface area contributed by atoms with Crippen LogP contribution in [0.3, 0.4) is 0 Å². The first-order valence-corrected chi connectivity index (χ1v) is 5.99. The Morgan fingerprint density at radius 1 is 1.21 bits per heavy atom. The summed E-state index contributed by atoms with van der Waals surface area (Å²) in [4.78, 5) is 8.80. The van der Waals surface area contributed by atoms with E-state index in [4.69, 9.17) is 5.73 Å². The topological polar surface area (TPSA) is 92.5 Å². The van der Waals surface area contributed by atoms with Gasteiger partial charge < -0.3 is 11.1 Å². The predicted octanol–water partition coefficient (Wildman–Crippen LogP) is 1.86. The zero-order chi connectivity index (χ0) is 13.2. The Balaban J connectivity index is 1.88. The van der Waals surface area contributed by atoms with Gasteiger partial charge in [-0.3, -0.25) is 5.10 Å². The average Bonchev–Trinajstić information content (AvgIpc) is 2.82. The highest BCUT2D eigenvalue weighted by Gasteiger charge is 2.06. The highest BCUT2D eigenvalue weighted by molar-refractivity contribution is 5.79. The molecule has 2 heterocycles. The van der Waals surface area contributed by atoms with E-state index in [-0.39, 0.29) is 0 Å². The molecule has 96 valence electrons. The van der Waals surface area contributed by atoms with Crippen LogP contribution < -0.4 is 11.1 Å². The third-order valence-electron chi connectivity index (χ3n) is 2.98. The van der Waals surface area contributed by atoms with Crippen LogP contribution >= 0.6 is 0 Å². The number of para-hydroxylation sites is 2. The maximum absolute atomic E-state index is 5.90. The molecule has 0 saturated carbocycles. The molecule has 1 aromatic carbocycles. The number of rotatable bonds is 3. The molecule has 0 radical (unpaired) electrons. The van der Waals surface area contributed by atoms with Crippen molar-refractivity contribution in [2.24, 2.45) is 0 Å². The van der Waals surface area contributed by atoms with Gasteiger partial charge in [0, 0.05) is 17.8 Å². The molecule has 3 rings (SSSR count). The fourth-order valence-corrected chi connectivity index (χ4v) is 1.88. The average molecular weight is 254 g/mol. The number of aromatic nitrogens is 4. The molecule has 6 nitrogen and oxygen atoms in total. The fourth-order valence-electron chi connectivity index (χ4n) is 1.88. The van der Waals surface area contributed by atoms with Gasteiger partial charge in [0.05, 0.1) is 17.2 Å². The molecular weight excluding hydrogens is 240 g/mol. The molecule has 2 aromatic heterocycles. The zero-order valence-corrected chi connectivity index (χ0v) is 10.5. The van der Waals surface area contributed by atoms with Crippen molar-refractivity contribution in [1.82, 2.24) is 20.2 Å². The lowest BCUT2D eigenvalue weighted by molar-refractivity contribution is 1.04. The van der Waals surface area contributed by atoms with E-state index in [0.29, 0.717) is 18.2 Å². The second-order valence-electron chi connectivity index (χ2n) is 4.32. The van der Waals surface area contributed by atoms with Crippen LogP contribution in [0.1, 0.15) is 11.3 Å². The Morgan fingerprint density at radius 2 is 1.95 bits per heavy atom. The van der Waals surface area contributed by atoms with Crippen molar-refractivity contribution in [3.63, 3.8) is 0 Å². The number of nitrogen functional groups attached to an aromatic ring is 1. The lowest BCUT2D eigenvalue weighted by Crippen LogP contribution is -2.06. The van der Waals surface area contributed by atoms with Crippen LogP contribution in [0.15, 0.2) is 30.5 Å². The van der Waals surface area contributed by atoms with Gasteiger partial charge in [0.1, 0.15) is 0 Å². The van der Waals surface area contributed by atoms with Gasteiger partial charge in [-0.15, -0.1) is 0 Å². The zero-order valence-electron chi connectivity index (χ0n) is 10.5. The highest BCUT2D eigenvalue weighted by Crippen LogP contribution is 2.19. The Kier molecular flexibility index (Phi) is 2.75. The highest BCUT2D eigenvalue weighted by atomic mass is 15.1. The number of H-pyrrole nitrogens is 1. The van der Waals surface area contributed by atoms with Crippen LogP contribution in [-0.4, -0.2) is 20.2 Å². The van der Waals surface area contributed by atoms with Crippen molar-refractivity contribution in [1.29, 1.82) is 0 Å². The summed E-state index contributed by atoms with van der Waals surface area (Å²) in [6.45, 7) is 2.58. The maximum atomic E-state index is 5.90. The van der Waals surface area contributed by atoms with Crippen molar-refractivity contribution in [3.8, 4) is 0 Å². The Bertz CT molecular complexity index is 718. The molecule has 0 fully saturated rings. The summed E-state index contributed by atoms with van der Waals surface area (Å²) >= 11 is 0. The maximum Gasteiger partial charge on any atom is 0.169 e.